The van der Waals surface area contributed by atoms with E-state index in [0.717, 1.165) is 34.9 Å². The van der Waals surface area contributed by atoms with Gasteiger partial charge in [-0.2, -0.15) is 0 Å². The Labute approximate surface area is 187 Å². The average molecular weight is 428 g/mol. The lowest BCUT2D eigenvalue weighted by atomic mass is 9.57. The summed E-state index contributed by atoms with van der Waals surface area (Å²) in [5.41, 5.74) is 0.887. The lowest BCUT2D eigenvalue weighted by Gasteiger charge is -2.47. The first-order chi connectivity index (χ1) is 15.6. The molecule has 0 amide bonds. The first-order valence-corrected chi connectivity index (χ1v) is 11.1. The average Bonchev–Trinajstić information content (AvgIpc) is 2.84. The number of nitrogens with one attached hydrogen (secondary N) is 1. The van der Waals surface area contributed by atoms with Crippen LogP contribution in [-0.2, 0) is 4.79 Å². The molecule has 0 saturated carbocycles. The van der Waals surface area contributed by atoms with Gasteiger partial charge in [-0.3, -0.25) is 4.79 Å². The molecule has 4 heteroatoms. The fourth-order valence-electron chi connectivity index (χ4n) is 5.63. The van der Waals surface area contributed by atoms with E-state index in [1.807, 2.05) is 36.4 Å². The second-order valence-electron chi connectivity index (χ2n) is 8.82. The Balaban J connectivity index is 1.63. The molecule has 1 aliphatic heterocycles. The fourth-order valence-corrected chi connectivity index (χ4v) is 5.63. The Hall–Kier alpha value is -3.24. The van der Waals surface area contributed by atoms with Crippen LogP contribution in [0.2, 0.25) is 0 Å². The van der Waals surface area contributed by atoms with Gasteiger partial charge in [-0.05, 0) is 65.4 Å². The van der Waals surface area contributed by atoms with E-state index in [9.17, 15) is 14.3 Å². The molecule has 4 unspecified atom stereocenters. The van der Waals surface area contributed by atoms with E-state index in [1.165, 1.54) is 12.1 Å². The summed E-state index contributed by atoms with van der Waals surface area (Å²) in [7, 11) is 0. The molecule has 4 atom stereocenters. The number of allylic oxidation sites excluding steroid dienone is 3. The number of carboxylic acid groups (broad SMARTS) is 1. The van der Waals surface area contributed by atoms with Crippen LogP contribution >= 0.6 is 0 Å². The van der Waals surface area contributed by atoms with Gasteiger partial charge in [0.1, 0.15) is 11.2 Å². The topological polar surface area (TPSA) is 49.3 Å². The van der Waals surface area contributed by atoms with E-state index in [1.54, 1.807) is 12.1 Å². The van der Waals surface area contributed by atoms with Gasteiger partial charge in [-0.25, -0.2) is 4.39 Å². The third kappa shape index (κ3) is 3.45. The van der Waals surface area contributed by atoms with Gasteiger partial charge in [0.05, 0.1) is 0 Å². The number of hydrogen-bond donors (Lipinski definition) is 2. The van der Waals surface area contributed by atoms with Gasteiger partial charge in [-0.15, -0.1) is 0 Å². The minimum absolute atomic E-state index is 0.0204. The van der Waals surface area contributed by atoms with Crippen molar-refractivity contribution < 1.29 is 14.3 Å². The van der Waals surface area contributed by atoms with Gasteiger partial charge in [0.15, 0.2) is 0 Å². The summed E-state index contributed by atoms with van der Waals surface area (Å²) >= 11 is 0. The first kappa shape index (κ1) is 20.7. The van der Waals surface area contributed by atoms with Crippen molar-refractivity contribution in [3.8, 4) is 0 Å². The van der Waals surface area contributed by atoms with Crippen molar-refractivity contribution in [3.63, 3.8) is 0 Å². The number of carbonyl (C=O) groups is 1. The molecule has 3 aromatic carbocycles. The third-order valence-corrected chi connectivity index (χ3v) is 7.20. The zero-order chi connectivity index (χ0) is 22.1. The number of carboxylic acids is 1. The molecule has 0 bridgehead atoms. The van der Waals surface area contributed by atoms with E-state index in [4.69, 9.17) is 0 Å². The molecule has 0 radical (unpaired) electrons. The molecule has 2 N–H and O–H groups in total. The predicted molar refractivity (Wildman–Crippen MR) is 125 cm³/mol. The van der Waals surface area contributed by atoms with Gasteiger partial charge >= 0.3 is 5.97 Å². The maximum atomic E-state index is 13.6. The summed E-state index contributed by atoms with van der Waals surface area (Å²) in [5, 5.41) is 16.4. The van der Waals surface area contributed by atoms with E-state index in [0.29, 0.717) is 6.54 Å². The zero-order valence-corrected chi connectivity index (χ0v) is 17.7. The van der Waals surface area contributed by atoms with Crippen molar-refractivity contribution in [1.82, 2.24) is 5.32 Å². The van der Waals surface area contributed by atoms with E-state index < -0.39 is 11.4 Å². The number of hydrogen-bond acceptors (Lipinski definition) is 2. The second kappa shape index (κ2) is 8.36. The highest BCUT2D eigenvalue weighted by Crippen LogP contribution is 2.53. The van der Waals surface area contributed by atoms with Gasteiger partial charge in [0.25, 0.3) is 0 Å². The van der Waals surface area contributed by atoms with Crippen LogP contribution in [0.3, 0.4) is 0 Å². The first-order valence-electron chi connectivity index (χ1n) is 11.1. The van der Waals surface area contributed by atoms with Crippen LogP contribution in [0.1, 0.15) is 29.4 Å². The molecule has 0 spiro atoms. The fraction of sp³-hybridized carbons (Fsp3) is 0.250. The van der Waals surface area contributed by atoms with Crippen LogP contribution in [0.25, 0.3) is 10.8 Å². The van der Waals surface area contributed by atoms with Gasteiger partial charge in [-0.1, -0.05) is 78.9 Å². The normalized spacial score (nSPS) is 27.5. The molecule has 5 rings (SSSR count). The standard InChI is InChI=1S/C28H26FNO2/c29-23-12-10-20(11-13-23)24-14-16-30-18-26(24)28(27(31)32)15-4-3-7-25(28)22-9-8-19-5-1-2-6-21(19)17-22/h1-13,15,17,24-26,30H,14,16,18H2,(H,31,32). The Bertz CT molecular complexity index is 1200. The zero-order valence-electron chi connectivity index (χ0n) is 17.7. The smallest absolute Gasteiger partial charge is 0.314 e. The number of rotatable bonds is 4. The van der Waals surface area contributed by atoms with Crippen LogP contribution in [0, 0.1) is 17.2 Å². The summed E-state index contributed by atoms with van der Waals surface area (Å²) in [6.45, 7) is 1.41. The highest BCUT2D eigenvalue weighted by molar-refractivity contribution is 5.85. The van der Waals surface area contributed by atoms with Crippen molar-refractivity contribution in [2.75, 3.05) is 13.1 Å². The van der Waals surface area contributed by atoms with Gasteiger partial charge in [0, 0.05) is 5.92 Å². The Kier molecular flexibility index (Phi) is 5.40. The summed E-state index contributed by atoms with van der Waals surface area (Å²) in [6, 6.07) is 20.9. The van der Waals surface area contributed by atoms with Crippen molar-refractivity contribution >= 4 is 16.7 Å². The summed E-state index contributed by atoms with van der Waals surface area (Å²) in [5.74, 6) is -1.56. The van der Waals surface area contributed by atoms with E-state index >= 15 is 0 Å². The quantitative estimate of drug-likeness (QED) is 0.565. The Morgan fingerprint density at radius 1 is 0.969 bits per heavy atom. The van der Waals surface area contributed by atoms with Crippen molar-refractivity contribution in [3.05, 3.63) is 108 Å². The summed E-state index contributed by atoms with van der Waals surface area (Å²) in [4.78, 5) is 13.1. The molecule has 32 heavy (non-hydrogen) atoms. The van der Waals surface area contributed by atoms with E-state index in [2.05, 4.69) is 35.6 Å². The lowest BCUT2D eigenvalue weighted by molar-refractivity contribution is -0.151. The van der Waals surface area contributed by atoms with Crippen LogP contribution in [0.15, 0.2) is 91.0 Å². The van der Waals surface area contributed by atoms with Crippen LogP contribution in [0.4, 0.5) is 4.39 Å². The summed E-state index contributed by atoms with van der Waals surface area (Å²) < 4.78 is 13.6. The number of piperidine rings is 1. The van der Waals surface area contributed by atoms with Crippen molar-refractivity contribution in [2.45, 2.75) is 18.3 Å². The van der Waals surface area contributed by atoms with Crippen LogP contribution < -0.4 is 5.32 Å². The molecule has 1 saturated heterocycles. The Morgan fingerprint density at radius 2 is 1.72 bits per heavy atom. The predicted octanol–water partition coefficient (Wildman–Crippen LogP) is 5.65. The molecule has 1 aliphatic carbocycles. The van der Waals surface area contributed by atoms with Crippen molar-refractivity contribution in [2.24, 2.45) is 11.3 Å². The minimum atomic E-state index is -1.11. The Morgan fingerprint density at radius 3 is 2.50 bits per heavy atom. The molecule has 1 fully saturated rings. The molecule has 0 aromatic heterocycles. The third-order valence-electron chi connectivity index (χ3n) is 7.20. The monoisotopic (exact) mass is 427 g/mol. The maximum absolute atomic E-state index is 13.6. The molecule has 162 valence electrons. The second-order valence-corrected chi connectivity index (χ2v) is 8.82. The molecular formula is C28H26FNO2. The lowest BCUT2D eigenvalue weighted by Crippen LogP contribution is -2.51. The van der Waals surface area contributed by atoms with Crippen molar-refractivity contribution in [1.29, 1.82) is 0 Å². The minimum Gasteiger partial charge on any atom is -0.481 e. The number of benzene rings is 3. The molecule has 2 aliphatic rings. The number of aliphatic carboxylic acids is 1. The number of halogens is 1. The summed E-state index contributed by atoms with van der Waals surface area (Å²) in [6.07, 6.45) is 8.53. The molecule has 3 nitrogen and oxygen atoms in total. The molecule has 1 heterocycles. The largest absolute Gasteiger partial charge is 0.481 e. The molecule has 3 aromatic rings. The molecular weight excluding hydrogens is 401 g/mol. The van der Waals surface area contributed by atoms with Gasteiger partial charge in [0.2, 0.25) is 0 Å². The van der Waals surface area contributed by atoms with Gasteiger partial charge < -0.3 is 10.4 Å². The SMILES string of the molecule is O=C(O)C1(C2CNCCC2c2ccc(F)cc2)C=CC=CC1c1ccc2ccccc2c1. The van der Waals surface area contributed by atoms with Crippen LogP contribution in [0.5, 0.6) is 0 Å². The maximum Gasteiger partial charge on any atom is 0.314 e. The van der Waals surface area contributed by atoms with E-state index in [-0.39, 0.29) is 23.6 Å². The number of fused-ring (bicyclic) bond motifs is 1. The van der Waals surface area contributed by atoms with Crippen LogP contribution in [-0.4, -0.2) is 24.2 Å². The highest BCUT2D eigenvalue weighted by atomic mass is 19.1. The highest BCUT2D eigenvalue weighted by Gasteiger charge is 2.53.